The minimum atomic E-state index is -2.37. The molecule has 0 radical (unpaired) electrons. The van der Waals surface area contributed by atoms with Gasteiger partial charge in [0.15, 0.2) is 0 Å². The Morgan fingerprint density at radius 3 is 2.58 bits per heavy atom. The molecule has 190 valence electrons. The number of benzene rings is 2. The third-order valence-electron chi connectivity index (χ3n) is 6.66. The van der Waals surface area contributed by atoms with Gasteiger partial charge in [0.2, 0.25) is 11.8 Å². The number of nitrogens with one attached hydrogen (secondary N) is 1. The number of nitrogens with zero attached hydrogens (tertiary/aromatic N) is 2. The van der Waals surface area contributed by atoms with Gasteiger partial charge in [-0.2, -0.15) is 0 Å². The van der Waals surface area contributed by atoms with Crippen molar-refractivity contribution >= 4 is 17.7 Å². The van der Waals surface area contributed by atoms with E-state index in [1.54, 1.807) is 24.3 Å². The van der Waals surface area contributed by atoms with E-state index in [0.29, 0.717) is 30.8 Å². The Bertz CT molecular complexity index is 1280. The van der Waals surface area contributed by atoms with Gasteiger partial charge in [0.25, 0.3) is 5.91 Å². The first-order valence-corrected chi connectivity index (χ1v) is 12.1. The fourth-order valence-corrected chi connectivity index (χ4v) is 5.07. The zero-order chi connectivity index (χ0) is 27.2. The summed E-state index contributed by atoms with van der Waals surface area (Å²) >= 11 is 0. The number of carbonyl (C=O) groups excluding carboxylic acids is 3. The summed E-state index contributed by atoms with van der Waals surface area (Å²) in [5.74, 6) is -2.13. The largest absolute Gasteiger partial charge is 0.488 e. The molecule has 1 N–H and O–H groups in total. The van der Waals surface area contributed by atoms with Crippen molar-refractivity contribution in [2.45, 2.75) is 64.6 Å². The van der Waals surface area contributed by atoms with Crippen LogP contribution in [0.2, 0.25) is 0 Å². The Labute approximate surface area is 212 Å². The number of rotatable bonds is 6. The molecule has 3 heterocycles. The molecule has 5 rings (SSSR count). The van der Waals surface area contributed by atoms with Crippen molar-refractivity contribution in [3.63, 3.8) is 0 Å². The van der Waals surface area contributed by atoms with E-state index in [1.165, 1.54) is 12.1 Å². The number of fused-ring (bicyclic) bond motifs is 1. The monoisotopic (exact) mass is 497 g/mol. The lowest BCUT2D eigenvalue weighted by Gasteiger charge is -2.35. The summed E-state index contributed by atoms with van der Waals surface area (Å²) in [4.78, 5) is 40.2. The third-order valence-corrected chi connectivity index (χ3v) is 6.66. The molecule has 0 saturated carbocycles. The number of amides is 3. The molecule has 8 nitrogen and oxygen atoms in total. The van der Waals surface area contributed by atoms with Crippen molar-refractivity contribution in [2.24, 2.45) is 0 Å². The van der Waals surface area contributed by atoms with E-state index in [2.05, 4.69) is 10.2 Å². The van der Waals surface area contributed by atoms with Gasteiger partial charge in [-0.1, -0.05) is 24.3 Å². The fraction of sp³-hybridized carbons (Fsp3) is 0.444. The zero-order valence-corrected chi connectivity index (χ0v) is 20.3. The van der Waals surface area contributed by atoms with Crippen molar-refractivity contribution in [1.82, 2.24) is 15.1 Å². The molecular weight excluding hydrogens is 465 g/mol. The highest BCUT2D eigenvalue weighted by Crippen LogP contribution is 2.34. The van der Waals surface area contributed by atoms with Crippen LogP contribution in [-0.2, 0) is 34.0 Å². The molecule has 3 amide bonds. The lowest BCUT2D eigenvalue weighted by molar-refractivity contribution is -0.136. The van der Waals surface area contributed by atoms with Crippen LogP contribution in [0.3, 0.4) is 0 Å². The third kappa shape index (κ3) is 4.85. The van der Waals surface area contributed by atoms with Crippen LogP contribution < -0.4 is 10.1 Å². The van der Waals surface area contributed by atoms with Crippen LogP contribution >= 0.6 is 0 Å². The Morgan fingerprint density at radius 2 is 1.83 bits per heavy atom. The summed E-state index contributed by atoms with van der Waals surface area (Å²) < 4.78 is 44.6. The van der Waals surface area contributed by atoms with Crippen LogP contribution in [-0.4, -0.2) is 58.9 Å². The summed E-state index contributed by atoms with van der Waals surface area (Å²) in [5, 5.41) is 2.18. The van der Waals surface area contributed by atoms with Gasteiger partial charge in [-0.15, -0.1) is 0 Å². The summed E-state index contributed by atoms with van der Waals surface area (Å²) in [7, 11) is 0. The molecule has 0 spiro atoms. The van der Waals surface area contributed by atoms with Crippen molar-refractivity contribution in [3.05, 3.63) is 64.5 Å². The summed E-state index contributed by atoms with van der Waals surface area (Å²) in [6, 6.07) is 8.53. The van der Waals surface area contributed by atoms with E-state index in [1.807, 2.05) is 13.8 Å². The summed E-state index contributed by atoms with van der Waals surface area (Å²) in [6.07, 6.45) is 0.157. The maximum Gasteiger partial charge on any atom is 0.255 e. The Morgan fingerprint density at radius 1 is 1.11 bits per heavy atom. The van der Waals surface area contributed by atoms with E-state index < -0.39 is 36.1 Å². The maximum atomic E-state index is 15.4. The first-order valence-electron chi connectivity index (χ1n) is 13.1. The average Bonchev–Trinajstić information content (AvgIpc) is 3.05. The number of carbonyl (C=O) groups is 3. The number of piperidine rings is 1. The molecule has 3 aliphatic heterocycles. The van der Waals surface area contributed by atoms with Gasteiger partial charge in [0.05, 0.1) is 21.4 Å². The van der Waals surface area contributed by atoms with Gasteiger partial charge in [0.1, 0.15) is 24.2 Å². The second kappa shape index (κ2) is 9.99. The molecule has 36 heavy (non-hydrogen) atoms. The molecular formula is C27H30FN3O5. The van der Waals surface area contributed by atoms with Crippen LogP contribution in [0.25, 0.3) is 0 Å². The van der Waals surface area contributed by atoms with Crippen molar-refractivity contribution in [2.75, 3.05) is 13.1 Å². The summed E-state index contributed by atoms with van der Waals surface area (Å²) in [5.41, 5.74) is 0.895. The van der Waals surface area contributed by atoms with Gasteiger partial charge >= 0.3 is 0 Å². The number of hydrogen-bond donors (Lipinski definition) is 1. The predicted octanol–water partition coefficient (Wildman–Crippen LogP) is 2.77. The van der Waals surface area contributed by atoms with Crippen molar-refractivity contribution in [1.29, 1.82) is 0 Å². The van der Waals surface area contributed by atoms with Crippen LogP contribution in [0.1, 0.15) is 56.5 Å². The van der Waals surface area contributed by atoms with Gasteiger partial charge in [0, 0.05) is 48.3 Å². The molecule has 0 bridgehead atoms. The number of halogens is 1. The highest BCUT2D eigenvalue weighted by molar-refractivity contribution is 6.05. The van der Waals surface area contributed by atoms with E-state index >= 15 is 4.39 Å². The van der Waals surface area contributed by atoms with Gasteiger partial charge < -0.3 is 14.4 Å². The molecule has 0 aromatic heterocycles. The standard InChI is InChI=1S/C27H30FN3O5/c1-16-11-30(12-17(2)36-16)13-18-5-3-6-19(25(18)28)15-35-23-8-4-7-20-21(23)14-31(27(20)34)22-9-10-24(32)29-26(22)33/h3-8,16-17,22H,9-15H2,1-2H3,(H,29,32,33)/i14D2. The van der Waals surface area contributed by atoms with Gasteiger partial charge in [-0.05, 0) is 32.4 Å². The zero-order valence-electron chi connectivity index (χ0n) is 22.3. The highest BCUT2D eigenvalue weighted by Gasteiger charge is 2.40. The lowest BCUT2D eigenvalue weighted by atomic mass is 10.0. The Kier molecular flexibility index (Phi) is 6.09. The second-order valence-corrected chi connectivity index (χ2v) is 9.56. The Balaban J connectivity index is 1.36. The van der Waals surface area contributed by atoms with Crippen molar-refractivity contribution in [3.8, 4) is 5.75 Å². The first kappa shape index (κ1) is 21.9. The molecule has 2 aromatic rings. The number of imide groups is 1. The predicted molar refractivity (Wildman–Crippen MR) is 129 cm³/mol. The van der Waals surface area contributed by atoms with Crippen LogP contribution in [0.5, 0.6) is 5.75 Å². The molecule has 3 atom stereocenters. The quantitative estimate of drug-likeness (QED) is 0.618. The number of ether oxygens (including phenoxy) is 2. The molecule has 3 aliphatic rings. The Hall–Kier alpha value is -3.30. The molecule has 2 aromatic carbocycles. The van der Waals surface area contributed by atoms with Crippen LogP contribution in [0.15, 0.2) is 36.4 Å². The molecule has 9 heteroatoms. The first-order chi connectivity index (χ1) is 18.1. The smallest absolute Gasteiger partial charge is 0.255 e. The highest BCUT2D eigenvalue weighted by atomic mass is 19.1. The van der Waals surface area contributed by atoms with E-state index in [-0.39, 0.29) is 48.5 Å². The lowest BCUT2D eigenvalue weighted by Crippen LogP contribution is -2.52. The molecule has 0 aliphatic carbocycles. The minimum Gasteiger partial charge on any atom is -0.488 e. The van der Waals surface area contributed by atoms with Gasteiger partial charge in [-0.3, -0.25) is 24.6 Å². The molecule has 2 saturated heterocycles. The SMILES string of the molecule is [2H]C1([2H])c2c(OCc3cccc(CN4CC(C)OC(C)C4)c3F)cccc2C(=O)N1C1CCC(=O)NC1=O. The second-order valence-electron chi connectivity index (χ2n) is 9.56. The maximum absolute atomic E-state index is 15.4. The number of hydrogen-bond acceptors (Lipinski definition) is 6. The average molecular weight is 498 g/mol. The molecule has 3 unspecified atom stereocenters. The normalized spacial score (nSPS) is 26.8. The summed E-state index contributed by atoms with van der Waals surface area (Å²) in [6.45, 7) is 3.28. The van der Waals surface area contributed by atoms with Gasteiger partial charge in [-0.25, -0.2) is 4.39 Å². The fourth-order valence-electron chi connectivity index (χ4n) is 5.07. The van der Waals surface area contributed by atoms with Crippen molar-refractivity contribution < 1.29 is 31.0 Å². The van der Waals surface area contributed by atoms with E-state index in [9.17, 15) is 14.4 Å². The molecule has 2 fully saturated rings. The van der Waals surface area contributed by atoms with E-state index in [0.717, 1.165) is 4.90 Å². The van der Waals surface area contributed by atoms with Crippen LogP contribution in [0.4, 0.5) is 4.39 Å². The minimum absolute atomic E-state index is 0.00780. The van der Waals surface area contributed by atoms with Crippen LogP contribution in [0, 0.1) is 5.82 Å². The van der Waals surface area contributed by atoms with E-state index in [4.69, 9.17) is 12.2 Å². The number of morpholine rings is 1. The topological polar surface area (TPSA) is 88.2 Å².